The number of hydrogen-bond acceptors (Lipinski definition) is 4. The van der Waals surface area contributed by atoms with Crippen LogP contribution in [0.2, 0.25) is 0 Å². The minimum absolute atomic E-state index is 0.303. The molecular weight excluding hydrogens is 333 g/mol. The number of hydrogen-bond donors (Lipinski definition) is 1. The first-order valence-electron chi connectivity index (χ1n) is 9.09. The van der Waals surface area contributed by atoms with Crippen LogP contribution in [0.15, 0.2) is 22.7 Å². The van der Waals surface area contributed by atoms with Gasteiger partial charge in [0.2, 0.25) is 0 Å². The van der Waals surface area contributed by atoms with Crippen molar-refractivity contribution in [2.75, 3.05) is 19.6 Å². The number of aromatic nitrogens is 2. The Morgan fingerprint density at radius 3 is 2.65 bits per heavy atom. The summed E-state index contributed by atoms with van der Waals surface area (Å²) in [6, 6.07) is 4.73. The summed E-state index contributed by atoms with van der Waals surface area (Å²) in [6.45, 7) is 6.30. The van der Waals surface area contributed by atoms with Gasteiger partial charge < -0.3 is 19.1 Å². The summed E-state index contributed by atoms with van der Waals surface area (Å²) in [7, 11) is 1.94. The van der Waals surface area contributed by atoms with E-state index in [9.17, 15) is 9.50 Å². The fourth-order valence-electron chi connectivity index (χ4n) is 4.21. The second-order valence-corrected chi connectivity index (χ2v) is 7.21. The molecule has 3 aromatic rings. The lowest BCUT2D eigenvalue weighted by Crippen LogP contribution is -2.25. The zero-order valence-corrected chi connectivity index (χ0v) is 15.4. The molecule has 0 radical (unpaired) electrons. The van der Waals surface area contributed by atoms with Crippen molar-refractivity contribution < 1.29 is 14.0 Å². The summed E-state index contributed by atoms with van der Waals surface area (Å²) in [4.78, 5) is 2.26. The van der Waals surface area contributed by atoms with Gasteiger partial charge >= 0.3 is 0 Å². The van der Waals surface area contributed by atoms with Crippen LogP contribution in [-0.4, -0.2) is 39.4 Å². The number of benzene rings is 1. The summed E-state index contributed by atoms with van der Waals surface area (Å²) in [5, 5.41) is 15.9. The predicted molar refractivity (Wildman–Crippen MR) is 98.5 cm³/mol. The maximum absolute atomic E-state index is 14.0. The van der Waals surface area contributed by atoms with E-state index in [-0.39, 0.29) is 5.82 Å². The Kier molecular flexibility index (Phi) is 4.32. The highest BCUT2D eigenvalue weighted by Gasteiger charge is 2.28. The third kappa shape index (κ3) is 2.73. The number of fused-ring (bicyclic) bond motifs is 1. The Bertz CT molecular complexity index is 934. The lowest BCUT2D eigenvalue weighted by atomic mass is 9.99. The highest BCUT2D eigenvalue weighted by Crippen LogP contribution is 2.40. The topological polar surface area (TPSA) is 54.4 Å². The molecule has 5 nitrogen and oxygen atoms in total. The molecule has 0 spiro atoms. The van der Waals surface area contributed by atoms with E-state index in [1.165, 1.54) is 12.1 Å². The van der Waals surface area contributed by atoms with Crippen LogP contribution in [0.25, 0.3) is 22.2 Å². The van der Waals surface area contributed by atoms with Crippen molar-refractivity contribution in [1.82, 2.24) is 14.6 Å². The Morgan fingerprint density at radius 1 is 1.27 bits per heavy atom. The molecular formula is C20H24FN3O2. The summed E-state index contributed by atoms with van der Waals surface area (Å²) < 4.78 is 21.4. The molecule has 26 heavy (non-hydrogen) atoms. The van der Waals surface area contributed by atoms with Crippen LogP contribution in [0.4, 0.5) is 4.39 Å². The molecule has 1 aliphatic rings. The molecule has 1 aromatic carbocycles. The van der Waals surface area contributed by atoms with Crippen molar-refractivity contribution in [2.45, 2.75) is 32.8 Å². The van der Waals surface area contributed by atoms with Gasteiger partial charge in [0.05, 0.1) is 23.1 Å². The molecule has 3 heterocycles. The highest BCUT2D eigenvalue weighted by molar-refractivity contribution is 5.93. The molecule has 4 rings (SSSR count). The summed E-state index contributed by atoms with van der Waals surface area (Å²) >= 11 is 0. The van der Waals surface area contributed by atoms with Crippen molar-refractivity contribution in [3.8, 4) is 11.3 Å². The second kappa shape index (κ2) is 6.52. The molecule has 1 unspecified atom stereocenters. The molecule has 1 atom stereocenters. The van der Waals surface area contributed by atoms with Crippen molar-refractivity contribution in [3.05, 3.63) is 41.0 Å². The molecule has 0 bridgehead atoms. The SMILES string of the molecule is Cc1noc(C)c1-c1c(C(O)CN2CCCC2)c2cc(F)ccc2n1C. The van der Waals surface area contributed by atoms with E-state index in [1.54, 1.807) is 6.07 Å². The van der Waals surface area contributed by atoms with E-state index < -0.39 is 6.10 Å². The third-order valence-corrected chi connectivity index (χ3v) is 5.43. The van der Waals surface area contributed by atoms with Crippen LogP contribution in [0.5, 0.6) is 0 Å². The monoisotopic (exact) mass is 357 g/mol. The maximum atomic E-state index is 14.0. The van der Waals surface area contributed by atoms with E-state index in [0.717, 1.165) is 59.3 Å². The van der Waals surface area contributed by atoms with Crippen molar-refractivity contribution >= 4 is 10.9 Å². The van der Waals surface area contributed by atoms with E-state index >= 15 is 0 Å². The van der Waals surface area contributed by atoms with Crippen LogP contribution in [0.3, 0.4) is 0 Å². The Labute approximate surface area is 152 Å². The maximum Gasteiger partial charge on any atom is 0.143 e. The molecule has 1 aliphatic heterocycles. The highest BCUT2D eigenvalue weighted by atomic mass is 19.1. The minimum Gasteiger partial charge on any atom is -0.387 e. The van der Waals surface area contributed by atoms with Crippen LogP contribution < -0.4 is 0 Å². The third-order valence-electron chi connectivity index (χ3n) is 5.43. The number of β-amino-alcohol motifs (C(OH)–C–C–N with tert-alkyl or cyclic N) is 1. The van der Waals surface area contributed by atoms with Gasteiger partial charge in [0.25, 0.3) is 0 Å². The quantitative estimate of drug-likeness (QED) is 0.773. The molecule has 0 amide bonds. The van der Waals surface area contributed by atoms with E-state index in [1.807, 2.05) is 25.5 Å². The molecule has 1 N–H and O–H groups in total. The van der Waals surface area contributed by atoms with Gasteiger partial charge in [0, 0.05) is 30.1 Å². The first-order chi connectivity index (χ1) is 12.5. The minimum atomic E-state index is -0.706. The van der Waals surface area contributed by atoms with Crippen LogP contribution >= 0.6 is 0 Å². The van der Waals surface area contributed by atoms with Gasteiger partial charge in [-0.3, -0.25) is 0 Å². The lowest BCUT2D eigenvalue weighted by Gasteiger charge is -2.20. The molecule has 6 heteroatoms. The summed E-state index contributed by atoms with van der Waals surface area (Å²) in [5.74, 6) is 0.395. The second-order valence-electron chi connectivity index (χ2n) is 7.21. The Balaban J connectivity index is 1.93. The van der Waals surface area contributed by atoms with Gasteiger partial charge in [0.15, 0.2) is 0 Å². The van der Waals surface area contributed by atoms with Gasteiger partial charge in [-0.25, -0.2) is 4.39 Å². The molecule has 138 valence electrons. The molecule has 2 aromatic heterocycles. The zero-order valence-electron chi connectivity index (χ0n) is 15.4. The number of aryl methyl sites for hydroxylation is 3. The van der Waals surface area contributed by atoms with Gasteiger partial charge in [-0.15, -0.1) is 0 Å². The molecule has 0 saturated carbocycles. The van der Waals surface area contributed by atoms with Gasteiger partial charge in [-0.1, -0.05) is 5.16 Å². The van der Waals surface area contributed by atoms with E-state index in [4.69, 9.17) is 4.52 Å². The van der Waals surface area contributed by atoms with Crippen LogP contribution in [0, 0.1) is 19.7 Å². The average molecular weight is 357 g/mol. The average Bonchev–Trinajstić information content (AvgIpc) is 3.28. The van der Waals surface area contributed by atoms with Gasteiger partial charge in [-0.05, 0) is 58.0 Å². The predicted octanol–water partition coefficient (Wildman–Crippen LogP) is 3.72. The number of aliphatic hydroxyl groups excluding tert-OH is 1. The fourth-order valence-corrected chi connectivity index (χ4v) is 4.21. The summed E-state index contributed by atoms with van der Waals surface area (Å²) in [6.07, 6.45) is 1.61. The van der Waals surface area contributed by atoms with Crippen LogP contribution in [-0.2, 0) is 7.05 Å². The summed E-state index contributed by atoms with van der Waals surface area (Å²) in [5.41, 5.74) is 4.14. The van der Waals surface area contributed by atoms with E-state index in [0.29, 0.717) is 12.3 Å². The van der Waals surface area contributed by atoms with Gasteiger partial charge in [-0.2, -0.15) is 0 Å². The van der Waals surface area contributed by atoms with E-state index in [2.05, 4.69) is 10.1 Å². The van der Waals surface area contributed by atoms with Crippen molar-refractivity contribution in [1.29, 1.82) is 0 Å². The van der Waals surface area contributed by atoms with Crippen molar-refractivity contribution in [3.63, 3.8) is 0 Å². The lowest BCUT2D eigenvalue weighted by molar-refractivity contribution is 0.128. The Hall–Kier alpha value is -2.18. The first kappa shape index (κ1) is 17.2. The largest absolute Gasteiger partial charge is 0.387 e. The number of aliphatic hydroxyl groups is 1. The zero-order chi connectivity index (χ0) is 18.4. The first-order valence-corrected chi connectivity index (χ1v) is 9.09. The number of likely N-dealkylation sites (tertiary alicyclic amines) is 1. The molecule has 1 saturated heterocycles. The smallest absolute Gasteiger partial charge is 0.143 e. The molecule has 0 aliphatic carbocycles. The molecule has 1 fully saturated rings. The standard InChI is InChI=1S/C20H24FN3O2/c1-12-18(13(2)26-22-12)20-19(17(25)11-24-8-4-5-9-24)15-10-14(21)6-7-16(15)23(20)3/h6-7,10,17,25H,4-5,8-9,11H2,1-3H3. The normalized spacial score (nSPS) is 16.7. The fraction of sp³-hybridized carbons (Fsp3) is 0.450. The van der Waals surface area contributed by atoms with Gasteiger partial charge in [0.1, 0.15) is 11.6 Å². The van der Waals surface area contributed by atoms with Crippen LogP contribution in [0.1, 0.15) is 36.0 Å². The Morgan fingerprint density at radius 2 is 2.00 bits per heavy atom. The number of halogens is 1. The number of nitrogens with zero attached hydrogens (tertiary/aromatic N) is 3. The van der Waals surface area contributed by atoms with Crippen molar-refractivity contribution in [2.24, 2.45) is 7.05 Å². The number of rotatable bonds is 4.